The largest absolute Gasteiger partial charge is 0.383 e. The molecule has 0 spiro atoms. The van der Waals surface area contributed by atoms with Gasteiger partial charge in [0, 0.05) is 25.3 Å². The van der Waals surface area contributed by atoms with Gasteiger partial charge in [0.25, 0.3) is 5.69 Å². The number of nitro groups is 1. The minimum absolute atomic E-state index is 0.130. The highest BCUT2D eigenvalue weighted by Crippen LogP contribution is 2.32. The molecule has 1 aliphatic carbocycles. The summed E-state index contributed by atoms with van der Waals surface area (Å²) in [5, 5.41) is 14.7. The molecule has 1 aliphatic rings. The topological polar surface area (TPSA) is 111 Å². The first-order chi connectivity index (χ1) is 12.2. The van der Waals surface area contributed by atoms with Gasteiger partial charge in [0.15, 0.2) is 0 Å². The van der Waals surface area contributed by atoms with Gasteiger partial charge >= 0.3 is 0 Å². The van der Waals surface area contributed by atoms with Gasteiger partial charge in [-0.05, 0) is 50.7 Å². The minimum Gasteiger partial charge on any atom is -0.383 e. The summed E-state index contributed by atoms with van der Waals surface area (Å²) < 4.78 is 32.2. The summed E-state index contributed by atoms with van der Waals surface area (Å²) in [7, 11) is -2.38. The van der Waals surface area contributed by atoms with Crippen molar-refractivity contribution in [3.05, 3.63) is 28.3 Å². The molecule has 1 saturated carbocycles. The molecule has 1 aromatic carbocycles. The van der Waals surface area contributed by atoms with Crippen molar-refractivity contribution in [2.24, 2.45) is 5.92 Å². The zero-order valence-electron chi connectivity index (χ0n) is 15.4. The van der Waals surface area contributed by atoms with Crippen LogP contribution in [0.5, 0.6) is 0 Å². The molecule has 0 bridgehead atoms. The molecule has 1 unspecified atom stereocenters. The molecule has 0 aliphatic heterocycles. The average Bonchev–Trinajstić information content (AvgIpc) is 2.56. The third-order valence-electron chi connectivity index (χ3n) is 4.62. The van der Waals surface area contributed by atoms with Crippen LogP contribution >= 0.6 is 0 Å². The lowest BCUT2D eigenvalue weighted by Gasteiger charge is -2.27. The van der Waals surface area contributed by atoms with E-state index in [1.54, 1.807) is 6.92 Å². The molecule has 0 heterocycles. The zero-order valence-corrected chi connectivity index (χ0v) is 16.2. The van der Waals surface area contributed by atoms with Crippen molar-refractivity contribution in [1.82, 2.24) is 4.72 Å². The van der Waals surface area contributed by atoms with Crippen LogP contribution in [0.15, 0.2) is 23.1 Å². The maximum absolute atomic E-state index is 12.4. The summed E-state index contributed by atoms with van der Waals surface area (Å²) in [5.41, 5.74) is 0.129. The molecular formula is C17H27N3O5S. The SMILES string of the molecule is COCC(C)NS(=O)(=O)c1ccc(NC2CCC(C)CC2)c([N+](=O)[O-])c1. The van der Waals surface area contributed by atoms with E-state index in [1.165, 1.54) is 19.2 Å². The maximum atomic E-state index is 12.4. The van der Waals surface area contributed by atoms with Crippen molar-refractivity contribution in [2.75, 3.05) is 19.0 Å². The van der Waals surface area contributed by atoms with Crippen molar-refractivity contribution in [3.8, 4) is 0 Å². The molecule has 1 atom stereocenters. The fourth-order valence-corrected chi connectivity index (χ4v) is 4.44. The lowest BCUT2D eigenvalue weighted by molar-refractivity contribution is -0.384. The molecule has 2 rings (SSSR count). The number of ether oxygens (including phenoxy) is 1. The van der Waals surface area contributed by atoms with E-state index in [2.05, 4.69) is 17.0 Å². The summed E-state index contributed by atoms with van der Waals surface area (Å²) in [6, 6.07) is 3.71. The Morgan fingerprint density at radius 3 is 2.54 bits per heavy atom. The Hall–Kier alpha value is -1.71. The Kier molecular flexibility index (Phi) is 6.96. The predicted molar refractivity (Wildman–Crippen MR) is 99.8 cm³/mol. The predicted octanol–water partition coefficient (Wildman–Crippen LogP) is 2.90. The number of nitrogens with one attached hydrogen (secondary N) is 2. The molecule has 9 heteroatoms. The number of anilines is 1. The van der Waals surface area contributed by atoms with Gasteiger partial charge in [-0.25, -0.2) is 13.1 Å². The molecule has 2 N–H and O–H groups in total. The molecular weight excluding hydrogens is 358 g/mol. The van der Waals surface area contributed by atoms with Gasteiger partial charge in [0.05, 0.1) is 16.4 Å². The van der Waals surface area contributed by atoms with E-state index in [0.717, 1.165) is 31.7 Å². The molecule has 0 radical (unpaired) electrons. The van der Waals surface area contributed by atoms with E-state index in [4.69, 9.17) is 4.74 Å². The van der Waals surface area contributed by atoms with Crippen LogP contribution in [-0.4, -0.2) is 39.1 Å². The van der Waals surface area contributed by atoms with E-state index in [9.17, 15) is 18.5 Å². The number of methoxy groups -OCH3 is 1. The number of nitro benzene ring substituents is 1. The van der Waals surface area contributed by atoms with E-state index in [-0.39, 0.29) is 23.2 Å². The van der Waals surface area contributed by atoms with E-state index >= 15 is 0 Å². The number of benzene rings is 1. The number of sulfonamides is 1. The molecule has 26 heavy (non-hydrogen) atoms. The zero-order chi connectivity index (χ0) is 19.3. The van der Waals surface area contributed by atoms with Gasteiger partial charge in [-0.2, -0.15) is 0 Å². The summed E-state index contributed by atoms with van der Waals surface area (Å²) in [4.78, 5) is 10.8. The van der Waals surface area contributed by atoms with Crippen molar-refractivity contribution >= 4 is 21.4 Å². The lowest BCUT2D eigenvalue weighted by atomic mass is 9.87. The number of hydrogen-bond acceptors (Lipinski definition) is 6. The van der Waals surface area contributed by atoms with E-state index in [0.29, 0.717) is 11.6 Å². The van der Waals surface area contributed by atoms with Gasteiger partial charge < -0.3 is 10.1 Å². The van der Waals surface area contributed by atoms with Crippen LogP contribution < -0.4 is 10.0 Å². The highest BCUT2D eigenvalue weighted by atomic mass is 32.2. The standard InChI is InChI=1S/C17H27N3O5S/c1-12-4-6-14(7-5-12)18-16-9-8-15(10-17(16)20(21)22)26(23,24)19-13(2)11-25-3/h8-10,12-14,18-19H,4-7,11H2,1-3H3. The summed E-state index contributed by atoms with van der Waals surface area (Å²) in [6.07, 6.45) is 4.07. The van der Waals surface area contributed by atoms with Crippen LogP contribution in [0.2, 0.25) is 0 Å². The first-order valence-corrected chi connectivity index (χ1v) is 10.3. The van der Waals surface area contributed by atoms with Crippen LogP contribution in [0.4, 0.5) is 11.4 Å². The molecule has 1 fully saturated rings. The molecule has 1 aromatic rings. The Balaban J connectivity index is 2.21. The van der Waals surface area contributed by atoms with Crippen LogP contribution in [0.1, 0.15) is 39.5 Å². The van der Waals surface area contributed by atoms with Crippen LogP contribution in [0.3, 0.4) is 0 Å². The minimum atomic E-state index is -3.86. The Morgan fingerprint density at radius 2 is 1.96 bits per heavy atom. The highest BCUT2D eigenvalue weighted by molar-refractivity contribution is 7.89. The Morgan fingerprint density at radius 1 is 1.31 bits per heavy atom. The average molecular weight is 385 g/mol. The first kappa shape index (κ1) is 20.6. The molecule has 0 aromatic heterocycles. The quantitative estimate of drug-likeness (QED) is 0.526. The van der Waals surface area contributed by atoms with Gasteiger partial charge in [-0.1, -0.05) is 6.92 Å². The van der Waals surface area contributed by atoms with Crippen molar-refractivity contribution < 1.29 is 18.1 Å². The Bertz CT molecular complexity index is 730. The normalized spacial score (nSPS) is 22.0. The number of rotatable bonds is 8. The lowest BCUT2D eigenvalue weighted by Crippen LogP contribution is -2.35. The second kappa shape index (κ2) is 8.79. The monoisotopic (exact) mass is 385 g/mol. The maximum Gasteiger partial charge on any atom is 0.293 e. The smallest absolute Gasteiger partial charge is 0.293 e. The summed E-state index contributed by atoms with van der Waals surface area (Å²) in [6.45, 7) is 4.08. The van der Waals surface area contributed by atoms with Gasteiger partial charge in [-0.15, -0.1) is 0 Å². The fourth-order valence-electron chi connectivity index (χ4n) is 3.19. The second-order valence-corrected chi connectivity index (χ2v) is 8.73. The molecule has 0 saturated heterocycles. The first-order valence-electron chi connectivity index (χ1n) is 8.79. The van der Waals surface area contributed by atoms with Crippen molar-refractivity contribution in [3.63, 3.8) is 0 Å². The van der Waals surface area contributed by atoms with Gasteiger partial charge in [0.2, 0.25) is 10.0 Å². The second-order valence-electron chi connectivity index (χ2n) is 7.01. The number of hydrogen-bond donors (Lipinski definition) is 2. The van der Waals surface area contributed by atoms with Crippen LogP contribution in [0, 0.1) is 16.0 Å². The Labute approximate surface area is 154 Å². The number of nitrogens with zero attached hydrogens (tertiary/aromatic N) is 1. The third-order valence-corrected chi connectivity index (χ3v) is 6.21. The molecule has 8 nitrogen and oxygen atoms in total. The third kappa shape index (κ3) is 5.39. The van der Waals surface area contributed by atoms with Crippen molar-refractivity contribution in [2.45, 2.75) is 56.5 Å². The van der Waals surface area contributed by atoms with Crippen LogP contribution in [-0.2, 0) is 14.8 Å². The summed E-state index contributed by atoms with van der Waals surface area (Å²) >= 11 is 0. The van der Waals surface area contributed by atoms with E-state index in [1.807, 2.05) is 0 Å². The van der Waals surface area contributed by atoms with Gasteiger partial charge in [-0.3, -0.25) is 10.1 Å². The van der Waals surface area contributed by atoms with Crippen molar-refractivity contribution in [1.29, 1.82) is 0 Å². The van der Waals surface area contributed by atoms with E-state index < -0.39 is 21.0 Å². The molecule has 0 amide bonds. The fraction of sp³-hybridized carbons (Fsp3) is 0.647. The molecule has 146 valence electrons. The van der Waals surface area contributed by atoms with Gasteiger partial charge in [0.1, 0.15) is 5.69 Å². The highest BCUT2D eigenvalue weighted by Gasteiger charge is 2.25. The summed E-state index contributed by atoms with van der Waals surface area (Å²) in [5.74, 6) is 0.677. The van der Waals surface area contributed by atoms with Crippen LogP contribution in [0.25, 0.3) is 0 Å².